The summed E-state index contributed by atoms with van der Waals surface area (Å²) >= 11 is 0. The van der Waals surface area contributed by atoms with Crippen molar-refractivity contribution in [2.45, 2.75) is 75.2 Å². The quantitative estimate of drug-likeness (QED) is 0.416. The number of H-pyrrole nitrogens is 1. The number of aromatic amines is 1. The molecule has 0 radical (unpaired) electrons. The standard InChI is InChI=1S/C27H36FN5O2/c1-2-16-13-18(34)3-4-19(16)20-5-6-21-24(23(20)28)31-32-25(21)26-29-14-22(30-26)17-7-11-33(15-17)12-10-27(35)8-9-27/h3-4,7,13-14,20-21,23-25,31-32,34-35H,2,5-6,8-12,15H2,1H3,(H,29,30). The molecule has 2 aliphatic carbocycles. The van der Waals surface area contributed by atoms with E-state index in [9.17, 15) is 10.2 Å². The zero-order valence-corrected chi connectivity index (χ0v) is 20.3. The van der Waals surface area contributed by atoms with Gasteiger partial charge in [-0.15, -0.1) is 0 Å². The van der Waals surface area contributed by atoms with Crippen LogP contribution in [-0.4, -0.2) is 62.5 Å². The first-order valence-corrected chi connectivity index (χ1v) is 13.1. The minimum absolute atomic E-state index is 0.0550. The Balaban J connectivity index is 1.11. The van der Waals surface area contributed by atoms with Gasteiger partial charge in [0.25, 0.3) is 0 Å². The Bertz CT molecular complexity index is 1110. The summed E-state index contributed by atoms with van der Waals surface area (Å²) in [5.41, 5.74) is 10.5. The number of rotatable bonds is 7. The molecule has 2 saturated carbocycles. The fourth-order valence-corrected chi connectivity index (χ4v) is 6.30. The van der Waals surface area contributed by atoms with E-state index >= 15 is 4.39 Å². The van der Waals surface area contributed by atoms with Gasteiger partial charge >= 0.3 is 0 Å². The number of benzene rings is 1. The van der Waals surface area contributed by atoms with Crippen LogP contribution in [0.25, 0.3) is 5.57 Å². The highest BCUT2D eigenvalue weighted by molar-refractivity contribution is 5.66. The number of nitrogens with one attached hydrogen (secondary N) is 3. The van der Waals surface area contributed by atoms with E-state index in [2.05, 4.69) is 31.8 Å². The summed E-state index contributed by atoms with van der Waals surface area (Å²) < 4.78 is 15.8. The van der Waals surface area contributed by atoms with Crippen molar-refractivity contribution in [2.75, 3.05) is 19.6 Å². The molecule has 2 aromatic rings. The molecule has 0 bridgehead atoms. The van der Waals surface area contributed by atoms with Crippen molar-refractivity contribution >= 4 is 5.57 Å². The van der Waals surface area contributed by atoms with Crippen molar-refractivity contribution in [2.24, 2.45) is 5.92 Å². The van der Waals surface area contributed by atoms with Gasteiger partial charge in [-0.05, 0) is 67.4 Å². The summed E-state index contributed by atoms with van der Waals surface area (Å²) in [6, 6.07) is 5.01. The van der Waals surface area contributed by atoms with Crippen LogP contribution >= 0.6 is 0 Å². The van der Waals surface area contributed by atoms with Crippen molar-refractivity contribution < 1.29 is 14.6 Å². The molecule has 188 valence electrons. The molecule has 1 aromatic carbocycles. The van der Waals surface area contributed by atoms with E-state index in [0.29, 0.717) is 0 Å². The number of fused-ring (bicyclic) bond motifs is 1. The number of nitrogens with zero attached hydrogens (tertiary/aromatic N) is 2. The summed E-state index contributed by atoms with van der Waals surface area (Å²) in [4.78, 5) is 10.6. The third-order valence-corrected chi connectivity index (χ3v) is 8.69. The average molecular weight is 482 g/mol. The van der Waals surface area contributed by atoms with Crippen LogP contribution in [0.4, 0.5) is 4.39 Å². The number of hydrogen-bond acceptors (Lipinski definition) is 6. The maximum atomic E-state index is 15.8. The predicted octanol–water partition coefficient (Wildman–Crippen LogP) is 3.34. The molecule has 1 aromatic heterocycles. The predicted molar refractivity (Wildman–Crippen MR) is 132 cm³/mol. The third-order valence-electron chi connectivity index (χ3n) is 8.69. The van der Waals surface area contributed by atoms with E-state index < -0.39 is 11.8 Å². The third kappa shape index (κ3) is 4.42. The maximum Gasteiger partial charge on any atom is 0.125 e. The Labute approximate surface area is 205 Å². The minimum atomic E-state index is -1.01. The van der Waals surface area contributed by atoms with E-state index in [1.165, 1.54) is 5.57 Å². The van der Waals surface area contributed by atoms with Crippen LogP contribution in [0.3, 0.4) is 0 Å². The second-order valence-electron chi connectivity index (χ2n) is 10.9. The first kappa shape index (κ1) is 23.2. The second-order valence-corrected chi connectivity index (χ2v) is 10.9. The smallest absolute Gasteiger partial charge is 0.125 e. The lowest BCUT2D eigenvalue weighted by molar-refractivity contribution is 0.125. The number of imidazole rings is 1. The highest BCUT2D eigenvalue weighted by atomic mass is 19.1. The lowest BCUT2D eigenvalue weighted by Crippen LogP contribution is -2.45. The average Bonchev–Trinajstić information content (AvgIpc) is 3.29. The van der Waals surface area contributed by atoms with Crippen LogP contribution < -0.4 is 10.9 Å². The van der Waals surface area contributed by atoms with Gasteiger partial charge in [-0.1, -0.05) is 19.1 Å². The Kier molecular flexibility index (Phi) is 5.95. The molecule has 5 unspecified atom stereocenters. The summed E-state index contributed by atoms with van der Waals surface area (Å²) in [6.45, 7) is 4.72. The maximum absolute atomic E-state index is 15.8. The van der Waals surface area contributed by atoms with Crippen LogP contribution in [0.1, 0.15) is 73.6 Å². The Morgan fingerprint density at radius 3 is 2.89 bits per heavy atom. The number of aromatic hydroxyl groups is 1. The lowest BCUT2D eigenvalue weighted by Gasteiger charge is -2.36. The topological polar surface area (TPSA) is 96.4 Å². The van der Waals surface area contributed by atoms with Gasteiger partial charge in [0.05, 0.1) is 29.6 Å². The highest BCUT2D eigenvalue weighted by Crippen LogP contribution is 2.46. The normalized spacial score (nSPS) is 32.0. The molecule has 8 heteroatoms. The summed E-state index contributed by atoms with van der Waals surface area (Å²) in [5.74, 6) is 1.05. The van der Waals surface area contributed by atoms with Gasteiger partial charge in [0, 0.05) is 31.5 Å². The molecule has 0 spiro atoms. The van der Waals surface area contributed by atoms with Crippen LogP contribution in [-0.2, 0) is 6.42 Å². The zero-order valence-electron chi connectivity index (χ0n) is 20.3. The molecule has 7 nitrogen and oxygen atoms in total. The van der Waals surface area contributed by atoms with E-state index in [0.717, 1.165) is 80.8 Å². The SMILES string of the molecule is CCc1cc(O)ccc1C1CCC2C(c3ncc(C4=CCN(CCC5(O)CC5)C4)[nH]3)NNC2C1F. The summed E-state index contributed by atoms with van der Waals surface area (Å²) in [5, 5.41) is 20.0. The monoisotopic (exact) mass is 481 g/mol. The molecule has 6 rings (SSSR count). The number of phenols is 1. The Morgan fingerprint density at radius 2 is 2.09 bits per heavy atom. The second kappa shape index (κ2) is 9.00. The van der Waals surface area contributed by atoms with Gasteiger partial charge < -0.3 is 15.2 Å². The van der Waals surface area contributed by atoms with Crippen molar-refractivity contribution in [1.82, 2.24) is 25.7 Å². The minimum Gasteiger partial charge on any atom is -0.508 e. The van der Waals surface area contributed by atoms with Crippen LogP contribution in [0.15, 0.2) is 30.5 Å². The van der Waals surface area contributed by atoms with Gasteiger partial charge in [0.2, 0.25) is 0 Å². The first-order chi connectivity index (χ1) is 16.9. The molecule has 35 heavy (non-hydrogen) atoms. The number of hydrazine groups is 1. The van der Waals surface area contributed by atoms with Gasteiger partial charge in [-0.25, -0.2) is 14.8 Å². The van der Waals surface area contributed by atoms with Crippen molar-refractivity contribution in [3.8, 4) is 5.75 Å². The number of hydrogen-bond donors (Lipinski definition) is 5. The molecule has 2 aliphatic heterocycles. The fourth-order valence-electron chi connectivity index (χ4n) is 6.30. The number of aliphatic hydroxyl groups is 1. The fraction of sp³-hybridized carbons (Fsp3) is 0.593. The van der Waals surface area contributed by atoms with E-state index in [-0.39, 0.29) is 29.7 Å². The Hall–Kier alpha value is -2.26. The van der Waals surface area contributed by atoms with Crippen LogP contribution in [0, 0.1) is 5.92 Å². The molecule has 3 heterocycles. The van der Waals surface area contributed by atoms with Crippen LogP contribution in [0.2, 0.25) is 0 Å². The zero-order chi connectivity index (χ0) is 24.2. The number of aryl methyl sites for hydroxylation is 1. The van der Waals surface area contributed by atoms with Crippen molar-refractivity contribution in [1.29, 1.82) is 0 Å². The molecular weight excluding hydrogens is 445 g/mol. The Morgan fingerprint density at radius 1 is 1.23 bits per heavy atom. The molecule has 0 amide bonds. The number of halogens is 1. The molecule has 3 fully saturated rings. The van der Waals surface area contributed by atoms with E-state index in [1.807, 2.05) is 19.2 Å². The number of alkyl halides is 1. The van der Waals surface area contributed by atoms with E-state index in [4.69, 9.17) is 0 Å². The van der Waals surface area contributed by atoms with E-state index in [1.54, 1.807) is 12.1 Å². The summed E-state index contributed by atoms with van der Waals surface area (Å²) in [7, 11) is 0. The van der Waals surface area contributed by atoms with Gasteiger partial charge in [-0.2, -0.15) is 0 Å². The number of aromatic nitrogens is 2. The van der Waals surface area contributed by atoms with Gasteiger partial charge in [-0.3, -0.25) is 10.3 Å². The summed E-state index contributed by atoms with van der Waals surface area (Å²) in [6.07, 6.45) is 8.30. The molecule has 1 saturated heterocycles. The highest BCUT2D eigenvalue weighted by Gasteiger charge is 2.49. The largest absolute Gasteiger partial charge is 0.508 e. The number of phenolic OH excluding ortho intramolecular Hbond substituents is 1. The van der Waals surface area contributed by atoms with Crippen molar-refractivity contribution in [3.05, 3.63) is 53.1 Å². The molecular formula is C27H36FN5O2. The van der Waals surface area contributed by atoms with Gasteiger partial charge in [0.1, 0.15) is 17.7 Å². The lowest BCUT2D eigenvalue weighted by atomic mass is 9.71. The molecule has 5 atom stereocenters. The van der Waals surface area contributed by atoms with Crippen molar-refractivity contribution in [3.63, 3.8) is 0 Å². The van der Waals surface area contributed by atoms with Crippen LogP contribution in [0.5, 0.6) is 5.75 Å². The molecule has 4 aliphatic rings. The molecule has 5 N–H and O–H groups in total. The first-order valence-electron chi connectivity index (χ1n) is 13.1. The van der Waals surface area contributed by atoms with Gasteiger partial charge in [0.15, 0.2) is 0 Å².